The Morgan fingerprint density at radius 2 is 1.69 bits per heavy atom. The third-order valence-electron chi connectivity index (χ3n) is 5.58. The van der Waals surface area contributed by atoms with Gasteiger partial charge in [0, 0.05) is 28.9 Å². The van der Waals surface area contributed by atoms with Gasteiger partial charge in [0.1, 0.15) is 0 Å². The number of ether oxygens (including phenoxy) is 1. The SMILES string of the molecule is CCOC(=O)C1=C(C)N(c2ccccc2)C(=O)C[C@@H]1C(=O)Nc1cccc2ccccc12. The molecule has 4 rings (SSSR count). The quantitative estimate of drug-likeness (QED) is 0.600. The maximum absolute atomic E-state index is 13.3. The molecule has 0 saturated heterocycles. The van der Waals surface area contributed by atoms with Gasteiger partial charge in [0.25, 0.3) is 0 Å². The number of rotatable bonds is 5. The first-order valence-corrected chi connectivity index (χ1v) is 10.6. The highest BCUT2D eigenvalue weighted by molar-refractivity contribution is 6.12. The van der Waals surface area contributed by atoms with E-state index in [-0.39, 0.29) is 24.5 Å². The normalized spacial score (nSPS) is 16.2. The molecule has 0 fully saturated rings. The standard InChI is InChI=1S/C26H24N2O4/c1-3-32-26(31)24-17(2)28(19-12-5-4-6-13-19)23(29)16-21(24)25(30)27-22-15-9-11-18-10-7-8-14-20(18)22/h4-15,21H,3,16H2,1-2H3,(H,27,30)/t21-/m0/s1. The maximum atomic E-state index is 13.3. The van der Waals surface area contributed by atoms with Crippen molar-refractivity contribution in [3.8, 4) is 0 Å². The molecule has 1 atom stereocenters. The number of allylic oxidation sites excluding steroid dienone is 1. The number of hydrogen-bond acceptors (Lipinski definition) is 4. The van der Waals surface area contributed by atoms with E-state index in [4.69, 9.17) is 4.74 Å². The molecule has 1 aliphatic rings. The Balaban J connectivity index is 1.73. The van der Waals surface area contributed by atoms with E-state index in [0.29, 0.717) is 17.1 Å². The zero-order chi connectivity index (χ0) is 22.7. The number of nitrogens with one attached hydrogen (secondary N) is 1. The highest BCUT2D eigenvalue weighted by Crippen LogP contribution is 2.34. The fourth-order valence-electron chi connectivity index (χ4n) is 4.12. The van der Waals surface area contributed by atoms with Gasteiger partial charge in [-0.2, -0.15) is 0 Å². The third kappa shape index (κ3) is 3.99. The van der Waals surface area contributed by atoms with E-state index in [1.54, 1.807) is 26.0 Å². The number of benzene rings is 3. The first-order valence-electron chi connectivity index (χ1n) is 10.6. The number of amides is 2. The molecule has 1 heterocycles. The van der Waals surface area contributed by atoms with E-state index in [1.807, 2.05) is 60.7 Å². The number of fused-ring (bicyclic) bond motifs is 1. The van der Waals surface area contributed by atoms with Crippen LogP contribution in [0.3, 0.4) is 0 Å². The summed E-state index contributed by atoms with van der Waals surface area (Å²) >= 11 is 0. The third-order valence-corrected chi connectivity index (χ3v) is 5.58. The molecular weight excluding hydrogens is 404 g/mol. The van der Waals surface area contributed by atoms with E-state index in [0.717, 1.165) is 10.8 Å². The number of hydrogen-bond donors (Lipinski definition) is 1. The molecule has 3 aromatic carbocycles. The second kappa shape index (κ2) is 9.06. The summed E-state index contributed by atoms with van der Waals surface area (Å²) in [4.78, 5) is 40.8. The number of nitrogens with zero attached hydrogens (tertiary/aromatic N) is 1. The van der Waals surface area contributed by atoms with Crippen molar-refractivity contribution in [3.63, 3.8) is 0 Å². The molecule has 0 spiro atoms. The molecule has 6 heteroatoms. The van der Waals surface area contributed by atoms with E-state index < -0.39 is 17.8 Å². The van der Waals surface area contributed by atoms with E-state index in [2.05, 4.69) is 5.32 Å². The Kier molecular flexibility index (Phi) is 6.03. The molecular formula is C26H24N2O4. The van der Waals surface area contributed by atoms with Crippen LogP contribution in [0.2, 0.25) is 0 Å². The molecule has 6 nitrogen and oxygen atoms in total. The summed E-state index contributed by atoms with van der Waals surface area (Å²) in [7, 11) is 0. The van der Waals surface area contributed by atoms with Crippen molar-refractivity contribution in [2.24, 2.45) is 5.92 Å². The summed E-state index contributed by atoms with van der Waals surface area (Å²) in [6.07, 6.45) is -0.128. The largest absolute Gasteiger partial charge is 0.463 e. The van der Waals surface area contributed by atoms with Gasteiger partial charge in [-0.15, -0.1) is 0 Å². The number of esters is 1. The zero-order valence-corrected chi connectivity index (χ0v) is 18.0. The van der Waals surface area contributed by atoms with Crippen molar-refractivity contribution in [3.05, 3.63) is 84.1 Å². The molecule has 0 unspecified atom stereocenters. The Hall–Kier alpha value is -3.93. The van der Waals surface area contributed by atoms with Crippen molar-refractivity contribution >= 4 is 39.9 Å². The van der Waals surface area contributed by atoms with Crippen molar-refractivity contribution in [1.82, 2.24) is 0 Å². The smallest absolute Gasteiger partial charge is 0.336 e. The van der Waals surface area contributed by atoms with Gasteiger partial charge in [-0.25, -0.2) is 4.79 Å². The minimum Gasteiger partial charge on any atom is -0.463 e. The molecule has 0 saturated carbocycles. The predicted octanol–water partition coefficient (Wildman–Crippen LogP) is 4.67. The minimum absolute atomic E-state index is 0.128. The van der Waals surface area contributed by atoms with Crippen molar-refractivity contribution in [2.45, 2.75) is 20.3 Å². The molecule has 0 aromatic heterocycles. The first kappa shape index (κ1) is 21.3. The van der Waals surface area contributed by atoms with Gasteiger partial charge < -0.3 is 10.1 Å². The Morgan fingerprint density at radius 1 is 1.00 bits per heavy atom. The monoisotopic (exact) mass is 428 g/mol. The van der Waals surface area contributed by atoms with E-state index in [1.165, 1.54) is 4.90 Å². The lowest BCUT2D eigenvalue weighted by molar-refractivity contribution is -0.141. The van der Waals surface area contributed by atoms with Crippen molar-refractivity contribution in [1.29, 1.82) is 0 Å². The maximum Gasteiger partial charge on any atom is 0.336 e. The lowest BCUT2D eigenvalue weighted by atomic mass is 9.88. The summed E-state index contributed by atoms with van der Waals surface area (Å²) in [5.74, 6) is -2.19. The van der Waals surface area contributed by atoms with Crippen molar-refractivity contribution in [2.75, 3.05) is 16.8 Å². The summed E-state index contributed by atoms with van der Waals surface area (Å²) in [5.41, 5.74) is 1.88. The number of carbonyl (C=O) groups excluding carboxylic acids is 3. The van der Waals surface area contributed by atoms with Gasteiger partial charge in [0.2, 0.25) is 11.8 Å². The summed E-state index contributed by atoms with van der Waals surface area (Å²) in [6, 6.07) is 22.4. The van der Waals surface area contributed by atoms with Gasteiger partial charge in [0.05, 0.1) is 18.1 Å². The zero-order valence-electron chi connectivity index (χ0n) is 18.0. The Labute approximate surface area is 186 Å². The van der Waals surface area contributed by atoms with E-state index >= 15 is 0 Å². The molecule has 0 bridgehead atoms. The number of anilines is 2. The number of para-hydroxylation sites is 1. The number of carbonyl (C=O) groups is 3. The summed E-state index contributed by atoms with van der Waals surface area (Å²) in [5, 5.41) is 4.79. The summed E-state index contributed by atoms with van der Waals surface area (Å²) in [6.45, 7) is 3.56. The lowest BCUT2D eigenvalue weighted by Gasteiger charge is -2.33. The fraction of sp³-hybridized carbons (Fsp3) is 0.192. The van der Waals surface area contributed by atoms with E-state index in [9.17, 15) is 14.4 Å². The highest BCUT2D eigenvalue weighted by Gasteiger charge is 2.40. The molecule has 0 radical (unpaired) electrons. The van der Waals surface area contributed by atoms with Crippen LogP contribution in [-0.2, 0) is 19.1 Å². The average molecular weight is 428 g/mol. The summed E-state index contributed by atoms with van der Waals surface area (Å²) < 4.78 is 5.26. The van der Waals surface area contributed by atoms with Crippen LogP contribution in [0.1, 0.15) is 20.3 Å². The van der Waals surface area contributed by atoms with Crippen LogP contribution in [0.15, 0.2) is 84.1 Å². The average Bonchev–Trinajstić information content (AvgIpc) is 2.79. The fourth-order valence-corrected chi connectivity index (χ4v) is 4.12. The molecule has 1 aliphatic heterocycles. The van der Waals surface area contributed by atoms with Gasteiger partial charge in [0.15, 0.2) is 0 Å². The predicted molar refractivity (Wildman–Crippen MR) is 124 cm³/mol. The van der Waals surface area contributed by atoms with Crippen LogP contribution in [0.5, 0.6) is 0 Å². The second-order valence-electron chi connectivity index (χ2n) is 7.56. The van der Waals surface area contributed by atoms with Crippen LogP contribution in [0.4, 0.5) is 11.4 Å². The van der Waals surface area contributed by atoms with Crippen LogP contribution < -0.4 is 10.2 Å². The topological polar surface area (TPSA) is 75.7 Å². The minimum atomic E-state index is -0.944. The van der Waals surface area contributed by atoms with Gasteiger partial charge in [-0.3, -0.25) is 14.5 Å². The van der Waals surface area contributed by atoms with Crippen LogP contribution in [0.25, 0.3) is 10.8 Å². The molecule has 162 valence electrons. The van der Waals surface area contributed by atoms with Crippen LogP contribution in [0, 0.1) is 5.92 Å². The van der Waals surface area contributed by atoms with Gasteiger partial charge >= 0.3 is 5.97 Å². The van der Waals surface area contributed by atoms with Crippen molar-refractivity contribution < 1.29 is 19.1 Å². The molecule has 2 amide bonds. The second-order valence-corrected chi connectivity index (χ2v) is 7.56. The van der Waals surface area contributed by atoms with Crippen LogP contribution in [-0.4, -0.2) is 24.4 Å². The molecule has 3 aromatic rings. The lowest BCUT2D eigenvalue weighted by Crippen LogP contribution is -2.43. The van der Waals surface area contributed by atoms with Crippen LogP contribution >= 0.6 is 0 Å². The molecule has 0 aliphatic carbocycles. The molecule has 1 N–H and O–H groups in total. The van der Waals surface area contributed by atoms with Gasteiger partial charge in [-0.1, -0.05) is 54.6 Å². The Morgan fingerprint density at radius 3 is 2.44 bits per heavy atom. The molecule has 32 heavy (non-hydrogen) atoms. The first-order chi connectivity index (χ1) is 15.5. The Bertz CT molecular complexity index is 1210. The van der Waals surface area contributed by atoms with Gasteiger partial charge in [-0.05, 0) is 37.4 Å². The highest BCUT2D eigenvalue weighted by atomic mass is 16.5.